The predicted molar refractivity (Wildman–Crippen MR) is 53.3 cm³/mol. The Morgan fingerprint density at radius 2 is 1.85 bits per heavy atom. The van der Waals surface area contributed by atoms with Crippen molar-refractivity contribution in [2.75, 3.05) is 6.61 Å². The summed E-state index contributed by atoms with van der Waals surface area (Å²) in [5.74, 6) is -0.157. The monoisotopic (exact) mass is 187 g/mol. The molecule has 0 saturated heterocycles. The van der Waals surface area contributed by atoms with Gasteiger partial charge in [0.25, 0.3) is 0 Å². The molecule has 1 atom stereocenters. The Kier molecular flexibility index (Phi) is 4.99. The summed E-state index contributed by atoms with van der Waals surface area (Å²) in [4.78, 5) is 11.7. The molecule has 2 N–H and O–H groups in total. The van der Waals surface area contributed by atoms with Gasteiger partial charge in [-0.25, -0.2) is 0 Å². The van der Waals surface area contributed by atoms with E-state index in [1.165, 1.54) is 0 Å². The Morgan fingerprint density at radius 3 is 2.08 bits per heavy atom. The smallest absolute Gasteiger partial charge is 0.313 e. The molecule has 3 nitrogen and oxygen atoms in total. The number of carbonyl (C=O) groups excluding carboxylic acids is 1. The summed E-state index contributed by atoms with van der Waals surface area (Å²) in [7, 11) is 0. The van der Waals surface area contributed by atoms with Crippen molar-refractivity contribution in [1.29, 1.82) is 0 Å². The molecule has 0 aromatic rings. The lowest BCUT2D eigenvalue weighted by atomic mass is 9.76. The average molecular weight is 187 g/mol. The molecule has 0 aliphatic rings. The Labute approximate surface area is 80.6 Å². The van der Waals surface area contributed by atoms with Crippen LogP contribution in [0.4, 0.5) is 0 Å². The van der Waals surface area contributed by atoms with Crippen LogP contribution in [0.3, 0.4) is 0 Å². The lowest BCUT2D eigenvalue weighted by Crippen LogP contribution is -2.46. The highest BCUT2D eigenvalue weighted by molar-refractivity contribution is 5.77. The van der Waals surface area contributed by atoms with E-state index in [-0.39, 0.29) is 12.0 Å². The zero-order valence-corrected chi connectivity index (χ0v) is 9.09. The van der Waals surface area contributed by atoms with Crippen LogP contribution < -0.4 is 5.73 Å². The molecule has 0 fully saturated rings. The number of rotatable bonds is 5. The maximum absolute atomic E-state index is 11.7. The molecule has 0 spiro atoms. The third kappa shape index (κ3) is 2.44. The summed E-state index contributed by atoms with van der Waals surface area (Å²) < 4.78 is 5.03. The van der Waals surface area contributed by atoms with Crippen molar-refractivity contribution >= 4 is 5.97 Å². The van der Waals surface area contributed by atoms with E-state index < -0.39 is 5.41 Å². The molecular formula is C10H21NO2. The second-order valence-corrected chi connectivity index (χ2v) is 3.37. The summed E-state index contributed by atoms with van der Waals surface area (Å²) in [5, 5.41) is 0. The van der Waals surface area contributed by atoms with Crippen LogP contribution in [0, 0.1) is 5.41 Å². The summed E-state index contributed by atoms with van der Waals surface area (Å²) >= 11 is 0. The molecule has 0 aromatic heterocycles. The standard InChI is InChI=1S/C10H21NO2/c1-5-10(6-2,8(4)11)9(12)13-7-3/h8H,5-7,11H2,1-4H3. The fourth-order valence-corrected chi connectivity index (χ4v) is 1.64. The molecule has 0 aliphatic carbocycles. The number of hydrogen-bond acceptors (Lipinski definition) is 3. The predicted octanol–water partition coefficient (Wildman–Crippen LogP) is 1.70. The lowest BCUT2D eigenvalue weighted by molar-refractivity contribution is -0.157. The van der Waals surface area contributed by atoms with Gasteiger partial charge < -0.3 is 10.5 Å². The number of esters is 1. The van der Waals surface area contributed by atoms with E-state index in [0.29, 0.717) is 6.61 Å². The lowest BCUT2D eigenvalue weighted by Gasteiger charge is -2.32. The number of carbonyl (C=O) groups is 1. The molecular weight excluding hydrogens is 166 g/mol. The first-order valence-corrected chi connectivity index (χ1v) is 4.97. The molecule has 0 aromatic carbocycles. The molecule has 0 rings (SSSR count). The van der Waals surface area contributed by atoms with Gasteiger partial charge in [-0.2, -0.15) is 0 Å². The molecule has 13 heavy (non-hydrogen) atoms. The van der Waals surface area contributed by atoms with Gasteiger partial charge in [-0.15, -0.1) is 0 Å². The molecule has 0 heterocycles. The number of hydrogen-bond donors (Lipinski definition) is 1. The van der Waals surface area contributed by atoms with Gasteiger partial charge in [-0.05, 0) is 26.7 Å². The highest BCUT2D eigenvalue weighted by Gasteiger charge is 2.39. The van der Waals surface area contributed by atoms with E-state index in [2.05, 4.69) is 0 Å². The van der Waals surface area contributed by atoms with Crippen LogP contribution in [0.1, 0.15) is 40.5 Å². The largest absolute Gasteiger partial charge is 0.466 e. The van der Waals surface area contributed by atoms with E-state index in [1.807, 2.05) is 27.7 Å². The van der Waals surface area contributed by atoms with Gasteiger partial charge in [0.05, 0.1) is 12.0 Å². The van der Waals surface area contributed by atoms with Gasteiger partial charge in [0.1, 0.15) is 0 Å². The van der Waals surface area contributed by atoms with Crippen molar-refractivity contribution in [2.45, 2.75) is 46.6 Å². The fourth-order valence-electron chi connectivity index (χ4n) is 1.64. The molecule has 0 aliphatic heterocycles. The molecule has 1 unspecified atom stereocenters. The first-order valence-electron chi connectivity index (χ1n) is 4.97. The van der Waals surface area contributed by atoms with Crippen molar-refractivity contribution in [3.05, 3.63) is 0 Å². The van der Waals surface area contributed by atoms with Crippen LogP contribution in [0.25, 0.3) is 0 Å². The minimum atomic E-state index is -0.490. The Hall–Kier alpha value is -0.570. The minimum absolute atomic E-state index is 0.151. The summed E-state index contributed by atoms with van der Waals surface area (Å²) in [6.45, 7) is 8.06. The van der Waals surface area contributed by atoms with Gasteiger partial charge in [-0.1, -0.05) is 13.8 Å². The average Bonchev–Trinajstić information content (AvgIpc) is 2.07. The maximum atomic E-state index is 11.7. The summed E-state index contributed by atoms with van der Waals surface area (Å²) in [5.41, 5.74) is 5.33. The number of nitrogens with two attached hydrogens (primary N) is 1. The van der Waals surface area contributed by atoms with E-state index in [9.17, 15) is 4.79 Å². The Morgan fingerprint density at radius 1 is 1.38 bits per heavy atom. The van der Waals surface area contributed by atoms with Crippen molar-refractivity contribution in [1.82, 2.24) is 0 Å². The van der Waals surface area contributed by atoms with Gasteiger partial charge >= 0.3 is 5.97 Å². The maximum Gasteiger partial charge on any atom is 0.313 e. The van der Waals surface area contributed by atoms with Crippen LogP contribution >= 0.6 is 0 Å². The van der Waals surface area contributed by atoms with Crippen LogP contribution in [0.2, 0.25) is 0 Å². The van der Waals surface area contributed by atoms with Crippen molar-refractivity contribution in [2.24, 2.45) is 11.1 Å². The van der Waals surface area contributed by atoms with Crippen molar-refractivity contribution in [3.63, 3.8) is 0 Å². The fraction of sp³-hybridized carbons (Fsp3) is 0.900. The molecule has 0 radical (unpaired) electrons. The van der Waals surface area contributed by atoms with Gasteiger partial charge in [-0.3, -0.25) is 4.79 Å². The highest BCUT2D eigenvalue weighted by Crippen LogP contribution is 2.31. The highest BCUT2D eigenvalue weighted by atomic mass is 16.5. The minimum Gasteiger partial charge on any atom is -0.466 e. The van der Waals surface area contributed by atoms with Gasteiger partial charge in [0, 0.05) is 6.04 Å². The number of ether oxygens (including phenoxy) is 1. The van der Waals surface area contributed by atoms with Crippen LogP contribution in [0.15, 0.2) is 0 Å². The molecule has 0 bridgehead atoms. The van der Waals surface area contributed by atoms with Crippen molar-refractivity contribution < 1.29 is 9.53 Å². The van der Waals surface area contributed by atoms with E-state index in [4.69, 9.17) is 10.5 Å². The SMILES string of the molecule is CCOC(=O)C(CC)(CC)C(C)N. The Bertz CT molecular complexity index is 162. The van der Waals surface area contributed by atoms with Crippen LogP contribution in [-0.4, -0.2) is 18.6 Å². The van der Waals surface area contributed by atoms with E-state index in [0.717, 1.165) is 12.8 Å². The molecule has 0 amide bonds. The second-order valence-electron chi connectivity index (χ2n) is 3.37. The topological polar surface area (TPSA) is 52.3 Å². The van der Waals surface area contributed by atoms with E-state index >= 15 is 0 Å². The normalized spacial score (nSPS) is 13.9. The van der Waals surface area contributed by atoms with Crippen LogP contribution in [0.5, 0.6) is 0 Å². The Balaban J connectivity index is 4.65. The van der Waals surface area contributed by atoms with E-state index in [1.54, 1.807) is 0 Å². The summed E-state index contributed by atoms with van der Waals surface area (Å²) in [6.07, 6.45) is 1.47. The molecule has 0 saturated carbocycles. The summed E-state index contributed by atoms with van der Waals surface area (Å²) in [6, 6.07) is -0.151. The zero-order chi connectivity index (χ0) is 10.5. The third-order valence-electron chi connectivity index (χ3n) is 2.82. The first-order chi connectivity index (χ1) is 6.05. The quantitative estimate of drug-likeness (QED) is 0.666. The van der Waals surface area contributed by atoms with Crippen LogP contribution in [-0.2, 0) is 9.53 Å². The van der Waals surface area contributed by atoms with Crippen molar-refractivity contribution in [3.8, 4) is 0 Å². The van der Waals surface area contributed by atoms with Gasteiger partial charge in [0.2, 0.25) is 0 Å². The molecule has 3 heteroatoms. The zero-order valence-electron chi connectivity index (χ0n) is 9.09. The third-order valence-corrected chi connectivity index (χ3v) is 2.82. The second kappa shape index (κ2) is 5.22. The molecule has 78 valence electrons. The first kappa shape index (κ1) is 12.4. The van der Waals surface area contributed by atoms with Gasteiger partial charge in [0.15, 0.2) is 0 Å².